The van der Waals surface area contributed by atoms with E-state index in [2.05, 4.69) is 10.3 Å². The number of piperidine rings is 2. The van der Waals surface area contributed by atoms with Gasteiger partial charge in [0.05, 0.1) is 18.1 Å². The monoisotopic (exact) mass is 593 g/mol. The van der Waals surface area contributed by atoms with Gasteiger partial charge in [-0.05, 0) is 80.3 Å². The number of carbonyl (C=O) groups excluding carboxylic acids is 1. The zero-order valence-electron chi connectivity index (χ0n) is 24.4. The molecule has 1 aromatic heterocycles. The first-order valence-corrected chi connectivity index (χ1v) is 15.3. The predicted molar refractivity (Wildman–Crippen MR) is 158 cm³/mol. The zero-order chi connectivity index (χ0) is 30.1. The molecular weight excluding hydrogens is 555 g/mol. The summed E-state index contributed by atoms with van der Waals surface area (Å²) in [6.07, 6.45) is 7.66. The van der Waals surface area contributed by atoms with Crippen molar-refractivity contribution < 1.29 is 18.0 Å². The Bertz CT molecular complexity index is 1520. The van der Waals surface area contributed by atoms with Crippen molar-refractivity contribution in [2.24, 2.45) is 11.3 Å². The summed E-state index contributed by atoms with van der Waals surface area (Å²) in [7, 11) is 1.87. The van der Waals surface area contributed by atoms with Crippen molar-refractivity contribution in [3.8, 4) is 11.3 Å². The fourth-order valence-electron chi connectivity index (χ4n) is 7.64. The fourth-order valence-corrected chi connectivity index (χ4v) is 7.64. The number of aromatic nitrogens is 2. The molecule has 1 saturated carbocycles. The van der Waals surface area contributed by atoms with Crippen LogP contribution in [0.5, 0.6) is 0 Å². The molecule has 3 aliphatic rings. The van der Waals surface area contributed by atoms with E-state index in [1.807, 2.05) is 11.9 Å². The topological polar surface area (TPSA) is 70.5 Å². The molecule has 43 heavy (non-hydrogen) atoms. The number of benzene rings is 2. The van der Waals surface area contributed by atoms with Gasteiger partial charge in [-0.2, -0.15) is 0 Å². The van der Waals surface area contributed by atoms with E-state index in [9.17, 15) is 22.8 Å². The van der Waals surface area contributed by atoms with Gasteiger partial charge < -0.3 is 15.1 Å². The van der Waals surface area contributed by atoms with Crippen LogP contribution in [0.15, 0.2) is 59.7 Å². The van der Waals surface area contributed by atoms with Crippen LogP contribution in [-0.2, 0) is 6.54 Å². The van der Waals surface area contributed by atoms with E-state index in [-0.39, 0.29) is 29.0 Å². The maximum Gasteiger partial charge on any atom is 0.320 e. The lowest BCUT2D eigenvalue weighted by Gasteiger charge is -2.49. The van der Waals surface area contributed by atoms with Crippen molar-refractivity contribution in [1.82, 2.24) is 24.7 Å². The molecular formula is C33H38F3N5O2. The molecule has 0 bridgehead atoms. The number of hydrogen-bond acceptors (Lipinski definition) is 4. The van der Waals surface area contributed by atoms with E-state index in [1.54, 1.807) is 27.7 Å². The molecule has 3 aromatic rings. The molecule has 2 amide bonds. The van der Waals surface area contributed by atoms with Crippen molar-refractivity contribution in [2.45, 2.75) is 63.6 Å². The third-order valence-corrected chi connectivity index (χ3v) is 9.96. The van der Waals surface area contributed by atoms with Crippen LogP contribution in [-0.4, -0.2) is 58.1 Å². The molecule has 7 nitrogen and oxygen atoms in total. The summed E-state index contributed by atoms with van der Waals surface area (Å²) in [5, 5.41) is 3.27. The van der Waals surface area contributed by atoms with E-state index in [1.165, 1.54) is 30.6 Å². The smallest absolute Gasteiger partial charge is 0.320 e. The SMILES string of the molecule is CN[C@@H]1CCN(C(=O)N2CC[C@@H](Cn3cnc(-c4ccccc4F)cc3=O)C3(CCCC3)C2)C(c2cc(F)cc(F)c2)C1. The summed E-state index contributed by atoms with van der Waals surface area (Å²) in [5.41, 5.74) is 0.731. The van der Waals surface area contributed by atoms with Crippen molar-refractivity contribution >= 4 is 6.03 Å². The molecule has 2 aromatic carbocycles. The van der Waals surface area contributed by atoms with Gasteiger partial charge in [0.1, 0.15) is 17.5 Å². The molecule has 228 valence electrons. The highest BCUT2D eigenvalue weighted by atomic mass is 19.1. The van der Waals surface area contributed by atoms with Crippen LogP contribution in [0.1, 0.15) is 56.6 Å². The van der Waals surface area contributed by atoms with Crippen molar-refractivity contribution in [3.63, 3.8) is 0 Å². The number of carbonyl (C=O) groups is 1. The number of rotatable bonds is 5. The Kier molecular flexibility index (Phi) is 8.31. The largest absolute Gasteiger partial charge is 0.324 e. The molecule has 3 heterocycles. The number of nitrogens with zero attached hydrogens (tertiary/aromatic N) is 4. The van der Waals surface area contributed by atoms with E-state index in [0.717, 1.165) is 44.6 Å². The highest BCUT2D eigenvalue weighted by Crippen LogP contribution is 2.49. The van der Waals surface area contributed by atoms with Gasteiger partial charge in [-0.3, -0.25) is 9.36 Å². The molecule has 3 fully saturated rings. The fraction of sp³-hybridized carbons (Fsp3) is 0.485. The lowest BCUT2D eigenvalue weighted by Crippen LogP contribution is -2.56. The number of urea groups is 1. The standard InChI is InChI=1S/C33H38F3N5O2/c1-37-26-9-13-41(30(17-26)22-14-24(34)16-25(35)15-22)32(43)39-12-8-23(33(20-39)10-4-5-11-33)19-40-21-38-29(18-31(40)42)27-6-2-3-7-28(27)36/h2-3,6-7,14-16,18,21,23,26,30,37H,4-5,8-13,17,19-20H2,1H3/t23-,26+,30?/m0/s1. The highest BCUT2D eigenvalue weighted by Gasteiger charge is 2.47. The number of hydrogen-bond donors (Lipinski definition) is 1. The van der Waals surface area contributed by atoms with Crippen LogP contribution >= 0.6 is 0 Å². The Labute approximate surface area is 249 Å². The Morgan fingerprint density at radius 2 is 1.77 bits per heavy atom. The lowest BCUT2D eigenvalue weighted by molar-refractivity contribution is 0.0207. The second kappa shape index (κ2) is 12.1. The molecule has 1 spiro atoms. The Hall–Kier alpha value is -3.66. The van der Waals surface area contributed by atoms with Crippen molar-refractivity contribution in [1.29, 1.82) is 0 Å². The number of halogens is 3. The molecule has 2 aliphatic heterocycles. The molecule has 10 heteroatoms. The first-order valence-electron chi connectivity index (χ1n) is 15.3. The summed E-state index contributed by atoms with van der Waals surface area (Å²) in [6, 6.07) is 10.8. The van der Waals surface area contributed by atoms with Gasteiger partial charge in [0.15, 0.2) is 0 Å². The van der Waals surface area contributed by atoms with Gasteiger partial charge in [-0.25, -0.2) is 22.9 Å². The molecule has 0 radical (unpaired) electrons. The summed E-state index contributed by atoms with van der Waals surface area (Å²) in [4.78, 5) is 35.4. The summed E-state index contributed by atoms with van der Waals surface area (Å²) < 4.78 is 44.3. The van der Waals surface area contributed by atoms with E-state index < -0.39 is 23.5 Å². The summed E-state index contributed by atoms with van der Waals surface area (Å²) in [5.74, 6) is -1.53. The molecule has 2 saturated heterocycles. The molecule has 3 atom stereocenters. The maximum absolute atomic E-state index is 14.3. The van der Waals surface area contributed by atoms with Gasteiger partial charge in [0, 0.05) is 49.9 Å². The first kappa shape index (κ1) is 29.4. The second-order valence-corrected chi connectivity index (χ2v) is 12.4. The van der Waals surface area contributed by atoms with Crippen LogP contribution < -0.4 is 10.9 Å². The first-order chi connectivity index (χ1) is 20.8. The minimum Gasteiger partial charge on any atom is -0.324 e. The molecule has 1 N–H and O–H groups in total. The molecule has 6 rings (SSSR count). The maximum atomic E-state index is 14.3. The van der Waals surface area contributed by atoms with Crippen LogP contribution in [0.4, 0.5) is 18.0 Å². The predicted octanol–water partition coefficient (Wildman–Crippen LogP) is 5.76. The van der Waals surface area contributed by atoms with E-state index in [4.69, 9.17) is 0 Å². The zero-order valence-corrected chi connectivity index (χ0v) is 24.4. The van der Waals surface area contributed by atoms with Crippen LogP contribution in [0, 0.1) is 28.8 Å². The minimum absolute atomic E-state index is 0.0954. The highest BCUT2D eigenvalue weighted by molar-refractivity contribution is 5.75. The van der Waals surface area contributed by atoms with Crippen LogP contribution in [0.3, 0.4) is 0 Å². The summed E-state index contributed by atoms with van der Waals surface area (Å²) >= 11 is 0. The Morgan fingerprint density at radius 3 is 2.47 bits per heavy atom. The Balaban J connectivity index is 1.21. The van der Waals surface area contributed by atoms with Crippen LogP contribution in [0.2, 0.25) is 0 Å². The van der Waals surface area contributed by atoms with Gasteiger partial charge in [0.2, 0.25) is 0 Å². The van der Waals surface area contributed by atoms with Gasteiger partial charge in [-0.15, -0.1) is 0 Å². The second-order valence-electron chi connectivity index (χ2n) is 12.4. The third kappa shape index (κ3) is 5.94. The summed E-state index contributed by atoms with van der Waals surface area (Å²) in [6.45, 7) is 2.11. The minimum atomic E-state index is -0.647. The third-order valence-electron chi connectivity index (χ3n) is 9.96. The van der Waals surface area contributed by atoms with Gasteiger partial charge >= 0.3 is 6.03 Å². The normalized spacial score (nSPS) is 23.6. The van der Waals surface area contributed by atoms with E-state index in [0.29, 0.717) is 49.4 Å². The number of nitrogens with one attached hydrogen (secondary N) is 1. The molecule has 1 aliphatic carbocycles. The lowest BCUT2D eigenvalue weighted by atomic mass is 9.69. The van der Waals surface area contributed by atoms with Crippen molar-refractivity contribution in [3.05, 3.63) is 88.2 Å². The Morgan fingerprint density at radius 1 is 1.02 bits per heavy atom. The quantitative estimate of drug-likeness (QED) is 0.409. The number of amides is 2. The molecule has 1 unspecified atom stereocenters. The van der Waals surface area contributed by atoms with Crippen molar-refractivity contribution in [2.75, 3.05) is 26.7 Å². The van der Waals surface area contributed by atoms with Gasteiger partial charge in [-0.1, -0.05) is 25.0 Å². The average Bonchev–Trinajstić information content (AvgIpc) is 3.47. The number of likely N-dealkylation sites (tertiary alicyclic amines) is 2. The average molecular weight is 594 g/mol. The van der Waals surface area contributed by atoms with E-state index >= 15 is 0 Å². The van der Waals surface area contributed by atoms with Gasteiger partial charge in [0.25, 0.3) is 5.56 Å². The van der Waals surface area contributed by atoms with Crippen LogP contribution in [0.25, 0.3) is 11.3 Å².